The molecule has 1 fully saturated rings. The predicted octanol–water partition coefficient (Wildman–Crippen LogP) is 2.49. The van der Waals surface area contributed by atoms with Crippen LogP contribution in [0.5, 0.6) is 0 Å². The fourth-order valence-electron chi connectivity index (χ4n) is 1.87. The van der Waals surface area contributed by atoms with E-state index in [1.165, 1.54) is 25.7 Å². The van der Waals surface area contributed by atoms with Crippen LogP contribution >= 0.6 is 12.6 Å². The molecule has 1 saturated heterocycles. The zero-order valence-electron chi connectivity index (χ0n) is 8.87. The first-order valence-electron chi connectivity index (χ1n) is 5.73. The van der Waals surface area contributed by atoms with Crippen LogP contribution in [0, 0.1) is 0 Å². The Morgan fingerprint density at radius 1 is 1.14 bits per heavy atom. The summed E-state index contributed by atoms with van der Waals surface area (Å²) in [6, 6.07) is 0. The Labute approximate surface area is 92.5 Å². The summed E-state index contributed by atoms with van der Waals surface area (Å²) in [5.41, 5.74) is 0. The molecule has 82 valence electrons. The molecule has 0 aromatic heterocycles. The van der Waals surface area contributed by atoms with Gasteiger partial charge in [-0.15, -0.1) is 0 Å². The third-order valence-corrected chi connectivity index (χ3v) is 3.07. The molecule has 1 aliphatic rings. The lowest BCUT2D eigenvalue weighted by atomic mass is 10.2. The lowest BCUT2D eigenvalue weighted by Gasteiger charge is -2.20. The minimum Gasteiger partial charge on any atom is -0.343 e. The van der Waals surface area contributed by atoms with Crippen molar-refractivity contribution in [2.24, 2.45) is 0 Å². The Morgan fingerprint density at radius 3 is 2.79 bits per heavy atom. The quantitative estimate of drug-likeness (QED) is 0.552. The second-order valence-corrected chi connectivity index (χ2v) is 4.42. The van der Waals surface area contributed by atoms with Crippen molar-refractivity contribution in [3.05, 3.63) is 0 Å². The van der Waals surface area contributed by atoms with E-state index in [0.717, 1.165) is 38.1 Å². The fourth-order valence-corrected chi connectivity index (χ4v) is 2.09. The van der Waals surface area contributed by atoms with E-state index in [1.54, 1.807) is 0 Å². The van der Waals surface area contributed by atoms with E-state index in [2.05, 4.69) is 12.6 Å². The molecule has 0 unspecified atom stereocenters. The van der Waals surface area contributed by atoms with Gasteiger partial charge in [-0.1, -0.05) is 12.8 Å². The maximum Gasteiger partial charge on any atom is 0.222 e. The minimum atomic E-state index is 0.369. The maximum atomic E-state index is 11.6. The summed E-state index contributed by atoms with van der Waals surface area (Å²) in [5.74, 6) is 1.34. The Kier molecular flexibility index (Phi) is 6.08. The number of hydrogen-bond acceptors (Lipinski definition) is 2. The van der Waals surface area contributed by atoms with Gasteiger partial charge in [0.15, 0.2) is 0 Å². The first-order chi connectivity index (χ1) is 6.84. The number of amides is 1. The Bertz CT molecular complexity index is 173. The van der Waals surface area contributed by atoms with Crippen LogP contribution in [-0.4, -0.2) is 29.6 Å². The first-order valence-corrected chi connectivity index (χ1v) is 6.36. The topological polar surface area (TPSA) is 20.3 Å². The van der Waals surface area contributed by atoms with Crippen LogP contribution in [-0.2, 0) is 4.79 Å². The van der Waals surface area contributed by atoms with Crippen molar-refractivity contribution in [2.75, 3.05) is 18.8 Å². The summed E-state index contributed by atoms with van der Waals surface area (Å²) in [7, 11) is 0. The van der Waals surface area contributed by atoms with Gasteiger partial charge in [0.05, 0.1) is 0 Å². The molecule has 0 aromatic carbocycles. The monoisotopic (exact) mass is 215 g/mol. The van der Waals surface area contributed by atoms with E-state index in [0.29, 0.717) is 5.91 Å². The smallest absolute Gasteiger partial charge is 0.222 e. The number of carbonyl (C=O) groups excluding carboxylic acids is 1. The molecular weight excluding hydrogens is 194 g/mol. The average molecular weight is 215 g/mol. The molecule has 14 heavy (non-hydrogen) atoms. The highest BCUT2D eigenvalue weighted by Gasteiger charge is 2.15. The van der Waals surface area contributed by atoms with E-state index in [1.807, 2.05) is 4.90 Å². The minimum absolute atomic E-state index is 0.369. The van der Waals surface area contributed by atoms with Gasteiger partial charge in [0.2, 0.25) is 5.91 Å². The molecule has 0 aromatic rings. The van der Waals surface area contributed by atoms with E-state index in [-0.39, 0.29) is 0 Å². The van der Waals surface area contributed by atoms with E-state index >= 15 is 0 Å². The van der Waals surface area contributed by atoms with Crippen molar-refractivity contribution in [2.45, 2.75) is 44.9 Å². The van der Waals surface area contributed by atoms with Gasteiger partial charge in [-0.2, -0.15) is 12.6 Å². The van der Waals surface area contributed by atoms with Crippen LogP contribution in [0.1, 0.15) is 44.9 Å². The number of unbranched alkanes of at least 4 members (excludes halogenated alkanes) is 2. The highest BCUT2D eigenvalue weighted by atomic mass is 32.1. The van der Waals surface area contributed by atoms with Gasteiger partial charge in [0.25, 0.3) is 0 Å². The fraction of sp³-hybridized carbons (Fsp3) is 0.909. The molecular formula is C11H21NOS. The van der Waals surface area contributed by atoms with Crippen LogP contribution < -0.4 is 0 Å². The van der Waals surface area contributed by atoms with Gasteiger partial charge in [-0.3, -0.25) is 4.79 Å². The zero-order valence-corrected chi connectivity index (χ0v) is 9.77. The van der Waals surface area contributed by atoms with Crippen molar-refractivity contribution in [3.63, 3.8) is 0 Å². The van der Waals surface area contributed by atoms with E-state index in [9.17, 15) is 4.79 Å². The molecule has 0 atom stereocenters. The van der Waals surface area contributed by atoms with Crippen molar-refractivity contribution >= 4 is 18.5 Å². The third-order valence-electron chi connectivity index (χ3n) is 2.76. The average Bonchev–Trinajstić information content (AvgIpc) is 2.39. The molecule has 0 aliphatic carbocycles. The zero-order chi connectivity index (χ0) is 10.2. The van der Waals surface area contributed by atoms with Crippen LogP contribution in [0.4, 0.5) is 0 Å². The van der Waals surface area contributed by atoms with Crippen LogP contribution in [0.15, 0.2) is 0 Å². The summed E-state index contributed by atoms with van der Waals surface area (Å²) in [6.45, 7) is 1.95. The summed E-state index contributed by atoms with van der Waals surface area (Å²) in [4.78, 5) is 13.6. The number of nitrogens with zero attached hydrogens (tertiary/aromatic N) is 1. The number of carbonyl (C=O) groups is 1. The highest BCUT2D eigenvalue weighted by molar-refractivity contribution is 7.80. The standard InChI is InChI=1S/C11H21NOS/c13-11-7-3-1-4-8-12(11)9-5-2-6-10-14/h14H,1-10H2. The van der Waals surface area contributed by atoms with Gasteiger partial charge in [0, 0.05) is 19.5 Å². The summed E-state index contributed by atoms with van der Waals surface area (Å²) in [6.07, 6.45) is 7.79. The molecule has 0 spiro atoms. The number of hydrogen-bond donors (Lipinski definition) is 1. The normalized spacial score (nSPS) is 18.4. The SMILES string of the molecule is O=C1CCCCCN1CCCCCS. The molecule has 2 nitrogen and oxygen atoms in total. The molecule has 3 heteroatoms. The first kappa shape index (κ1) is 11.9. The van der Waals surface area contributed by atoms with Gasteiger partial charge in [0.1, 0.15) is 0 Å². The van der Waals surface area contributed by atoms with Crippen LogP contribution in [0.25, 0.3) is 0 Å². The molecule has 1 aliphatic heterocycles. The molecule has 1 amide bonds. The molecule has 1 rings (SSSR count). The third kappa shape index (κ3) is 4.36. The van der Waals surface area contributed by atoms with Crippen LogP contribution in [0.3, 0.4) is 0 Å². The van der Waals surface area contributed by atoms with Crippen molar-refractivity contribution in [1.29, 1.82) is 0 Å². The number of rotatable bonds is 5. The molecule has 0 N–H and O–H groups in total. The van der Waals surface area contributed by atoms with Gasteiger partial charge in [-0.05, 0) is 31.4 Å². The van der Waals surface area contributed by atoms with Gasteiger partial charge in [-0.25, -0.2) is 0 Å². The molecule has 0 bridgehead atoms. The predicted molar refractivity (Wildman–Crippen MR) is 62.8 cm³/mol. The lowest BCUT2D eigenvalue weighted by Crippen LogP contribution is -2.31. The van der Waals surface area contributed by atoms with Crippen molar-refractivity contribution in [1.82, 2.24) is 4.90 Å². The molecule has 1 heterocycles. The second-order valence-electron chi connectivity index (χ2n) is 3.98. The van der Waals surface area contributed by atoms with Crippen molar-refractivity contribution < 1.29 is 4.79 Å². The Morgan fingerprint density at radius 2 is 2.00 bits per heavy atom. The second kappa shape index (κ2) is 7.16. The number of likely N-dealkylation sites (tertiary alicyclic amines) is 1. The Hall–Kier alpha value is -0.180. The number of thiol groups is 1. The lowest BCUT2D eigenvalue weighted by molar-refractivity contribution is -0.130. The highest BCUT2D eigenvalue weighted by Crippen LogP contribution is 2.12. The maximum absolute atomic E-state index is 11.6. The van der Waals surface area contributed by atoms with Crippen molar-refractivity contribution in [3.8, 4) is 0 Å². The van der Waals surface area contributed by atoms with Crippen LogP contribution in [0.2, 0.25) is 0 Å². The summed E-state index contributed by atoms with van der Waals surface area (Å²) < 4.78 is 0. The molecule has 0 saturated carbocycles. The largest absolute Gasteiger partial charge is 0.343 e. The van der Waals surface area contributed by atoms with Gasteiger partial charge < -0.3 is 4.90 Å². The van der Waals surface area contributed by atoms with E-state index < -0.39 is 0 Å². The van der Waals surface area contributed by atoms with E-state index in [4.69, 9.17) is 0 Å². The van der Waals surface area contributed by atoms with Gasteiger partial charge >= 0.3 is 0 Å². The molecule has 0 radical (unpaired) electrons. The summed E-state index contributed by atoms with van der Waals surface area (Å²) >= 11 is 4.17. The Balaban J connectivity index is 2.16. The summed E-state index contributed by atoms with van der Waals surface area (Å²) in [5, 5.41) is 0.